The quantitative estimate of drug-likeness (QED) is 0.868. The monoisotopic (exact) mass is 314 g/mol. The number of carboxylic acid groups (broad SMARTS) is 1. The number of carbonyl (C=O) groups is 1. The Labute approximate surface area is 136 Å². The molecule has 0 radical (unpaired) electrons. The zero-order valence-electron chi connectivity index (χ0n) is 13.8. The smallest absolute Gasteiger partial charge is 0.339 e. The Morgan fingerprint density at radius 2 is 1.70 bits per heavy atom. The highest BCUT2D eigenvalue weighted by Gasteiger charge is 2.28. The summed E-state index contributed by atoms with van der Waals surface area (Å²) in [6.45, 7) is 7.83. The summed E-state index contributed by atoms with van der Waals surface area (Å²) in [5.74, 6) is -0.545. The van der Waals surface area contributed by atoms with Gasteiger partial charge in [-0.2, -0.15) is 0 Å². The van der Waals surface area contributed by atoms with E-state index in [1.807, 2.05) is 52.0 Å². The summed E-state index contributed by atoms with van der Waals surface area (Å²) in [7, 11) is 0. The van der Waals surface area contributed by atoms with Gasteiger partial charge in [0.05, 0.1) is 6.10 Å². The van der Waals surface area contributed by atoms with Gasteiger partial charge in [-0.1, -0.05) is 38.1 Å². The van der Waals surface area contributed by atoms with E-state index in [0.29, 0.717) is 5.56 Å². The van der Waals surface area contributed by atoms with Crippen molar-refractivity contribution in [1.82, 2.24) is 0 Å². The van der Waals surface area contributed by atoms with Crippen molar-refractivity contribution >= 4 is 5.97 Å². The third-order valence-electron chi connectivity index (χ3n) is 3.89. The third-order valence-corrected chi connectivity index (χ3v) is 3.89. The molecule has 0 bridgehead atoms. The first-order chi connectivity index (χ1) is 10.7. The molecule has 0 fully saturated rings. The Kier molecular flexibility index (Phi) is 4.64. The number of hydrogen-bond donors (Lipinski definition) is 2. The molecule has 23 heavy (non-hydrogen) atoms. The lowest BCUT2D eigenvalue weighted by Crippen LogP contribution is -2.20. The molecule has 2 aromatic carbocycles. The summed E-state index contributed by atoms with van der Waals surface area (Å²) in [5, 5.41) is 19.5. The molecule has 0 aromatic heterocycles. The van der Waals surface area contributed by atoms with Crippen LogP contribution in [0, 0.1) is 0 Å². The number of aromatic hydroxyl groups is 1. The molecular weight excluding hydrogens is 292 g/mol. The Morgan fingerprint density at radius 1 is 1.09 bits per heavy atom. The molecule has 0 amide bonds. The van der Waals surface area contributed by atoms with E-state index in [0.717, 1.165) is 11.3 Å². The molecule has 0 aliphatic carbocycles. The SMILES string of the molecule is CC(C)Oc1ccc(C(C)(C)c2cccc(C(=O)O)c2O)cc1. The van der Waals surface area contributed by atoms with Crippen LogP contribution >= 0.6 is 0 Å². The normalized spacial score (nSPS) is 11.5. The van der Waals surface area contributed by atoms with Crippen LogP contribution < -0.4 is 4.74 Å². The first kappa shape index (κ1) is 16.9. The van der Waals surface area contributed by atoms with Gasteiger partial charge in [0.15, 0.2) is 0 Å². The first-order valence-electron chi connectivity index (χ1n) is 7.56. The van der Waals surface area contributed by atoms with Gasteiger partial charge in [0.25, 0.3) is 0 Å². The average Bonchev–Trinajstić information content (AvgIpc) is 2.46. The summed E-state index contributed by atoms with van der Waals surface area (Å²) in [5.41, 5.74) is 0.919. The van der Waals surface area contributed by atoms with Crippen molar-refractivity contribution in [3.05, 3.63) is 59.2 Å². The fourth-order valence-corrected chi connectivity index (χ4v) is 2.60. The Morgan fingerprint density at radius 3 is 2.22 bits per heavy atom. The molecule has 0 aliphatic heterocycles. The van der Waals surface area contributed by atoms with Crippen LogP contribution in [0.2, 0.25) is 0 Å². The predicted octanol–water partition coefficient (Wildman–Crippen LogP) is 4.20. The van der Waals surface area contributed by atoms with E-state index in [-0.39, 0.29) is 17.4 Å². The Balaban J connectivity index is 2.42. The van der Waals surface area contributed by atoms with E-state index in [9.17, 15) is 15.0 Å². The Hall–Kier alpha value is -2.49. The maximum absolute atomic E-state index is 11.2. The molecule has 122 valence electrons. The lowest BCUT2D eigenvalue weighted by Gasteiger charge is -2.27. The van der Waals surface area contributed by atoms with Crippen molar-refractivity contribution in [1.29, 1.82) is 0 Å². The molecule has 2 aromatic rings. The predicted molar refractivity (Wildman–Crippen MR) is 89.4 cm³/mol. The number of aromatic carboxylic acids is 1. The minimum absolute atomic E-state index is 0.0877. The second kappa shape index (κ2) is 6.32. The van der Waals surface area contributed by atoms with Crippen LogP contribution in [-0.2, 0) is 5.41 Å². The molecule has 4 heteroatoms. The van der Waals surface area contributed by atoms with Crippen LogP contribution in [0.4, 0.5) is 0 Å². The van der Waals surface area contributed by atoms with Crippen molar-refractivity contribution < 1.29 is 19.7 Å². The Bertz CT molecular complexity index is 700. The number of phenols is 1. The average molecular weight is 314 g/mol. The minimum Gasteiger partial charge on any atom is -0.507 e. The molecule has 0 atom stereocenters. The molecular formula is C19H22O4. The van der Waals surface area contributed by atoms with Crippen LogP contribution in [0.5, 0.6) is 11.5 Å². The summed E-state index contributed by atoms with van der Waals surface area (Å²) < 4.78 is 5.63. The summed E-state index contributed by atoms with van der Waals surface area (Å²) in [6.07, 6.45) is 0.102. The zero-order valence-corrected chi connectivity index (χ0v) is 13.8. The second-order valence-corrected chi connectivity index (χ2v) is 6.32. The third kappa shape index (κ3) is 3.47. The van der Waals surface area contributed by atoms with Gasteiger partial charge in [-0.25, -0.2) is 4.79 Å². The number of para-hydroxylation sites is 1. The molecule has 0 saturated heterocycles. The van der Waals surface area contributed by atoms with Crippen LogP contribution in [0.1, 0.15) is 49.2 Å². The van der Waals surface area contributed by atoms with Crippen molar-refractivity contribution in [3.8, 4) is 11.5 Å². The van der Waals surface area contributed by atoms with E-state index >= 15 is 0 Å². The van der Waals surface area contributed by atoms with Gasteiger partial charge in [-0.15, -0.1) is 0 Å². The number of carboxylic acids is 1. The maximum Gasteiger partial charge on any atom is 0.339 e. The molecule has 2 N–H and O–H groups in total. The van der Waals surface area contributed by atoms with Gasteiger partial charge in [0, 0.05) is 11.0 Å². The minimum atomic E-state index is -1.14. The van der Waals surface area contributed by atoms with Gasteiger partial charge in [-0.05, 0) is 37.6 Å². The second-order valence-electron chi connectivity index (χ2n) is 6.32. The van der Waals surface area contributed by atoms with E-state index in [1.54, 1.807) is 12.1 Å². The largest absolute Gasteiger partial charge is 0.507 e. The fourth-order valence-electron chi connectivity index (χ4n) is 2.60. The highest BCUT2D eigenvalue weighted by molar-refractivity contribution is 5.91. The van der Waals surface area contributed by atoms with Crippen molar-refractivity contribution in [2.24, 2.45) is 0 Å². The van der Waals surface area contributed by atoms with Gasteiger partial charge in [-0.3, -0.25) is 0 Å². The van der Waals surface area contributed by atoms with Crippen LogP contribution in [-0.4, -0.2) is 22.3 Å². The molecule has 2 rings (SSSR count). The van der Waals surface area contributed by atoms with E-state index in [2.05, 4.69) is 0 Å². The van der Waals surface area contributed by atoms with Gasteiger partial charge >= 0.3 is 5.97 Å². The van der Waals surface area contributed by atoms with Crippen LogP contribution in [0.25, 0.3) is 0 Å². The number of ether oxygens (including phenoxy) is 1. The van der Waals surface area contributed by atoms with E-state index < -0.39 is 11.4 Å². The maximum atomic E-state index is 11.2. The number of benzene rings is 2. The zero-order chi connectivity index (χ0) is 17.2. The molecule has 4 nitrogen and oxygen atoms in total. The van der Waals surface area contributed by atoms with Crippen LogP contribution in [0.15, 0.2) is 42.5 Å². The number of rotatable bonds is 5. The molecule has 0 heterocycles. The van der Waals surface area contributed by atoms with Crippen molar-refractivity contribution in [2.75, 3.05) is 0 Å². The highest BCUT2D eigenvalue weighted by Crippen LogP contribution is 2.38. The summed E-state index contributed by atoms with van der Waals surface area (Å²) in [6, 6.07) is 12.4. The van der Waals surface area contributed by atoms with Crippen LogP contribution in [0.3, 0.4) is 0 Å². The highest BCUT2D eigenvalue weighted by atomic mass is 16.5. The lowest BCUT2D eigenvalue weighted by atomic mass is 9.77. The molecule has 0 spiro atoms. The number of hydrogen-bond acceptors (Lipinski definition) is 3. The van der Waals surface area contributed by atoms with Gasteiger partial charge < -0.3 is 14.9 Å². The standard InChI is InChI=1S/C19H22O4/c1-12(2)23-14-10-8-13(9-11-14)19(3,4)16-7-5-6-15(17(16)20)18(21)22/h5-12,20H,1-4H3,(H,21,22). The van der Waals surface area contributed by atoms with Gasteiger partial charge in [0.2, 0.25) is 0 Å². The molecule has 0 saturated carbocycles. The first-order valence-corrected chi connectivity index (χ1v) is 7.56. The molecule has 0 unspecified atom stereocenters. The van der Waals surface area contributed by atoms with E-state index in [4.69, 9.17) is 4.74 Å². The van der Waals surface area contributed by atoms with Gasteiger partial charge in [0.1, 0.15) is 17.1 Å². The van der Waals surface area contributed by atoms with E-state index in [1.165, 1.54) is 6.07 Å². The topological polar surface area (TPSA) is 66.8 Å². The molecule has 0 aliphatic rings. The van der Waals surface area contributed by atoms with Crippen molar-refractivity contribution in [3.63, 3.8) is 0 Å². The summed E-state index contributed by atoms with van der Waals surface area (Å²) >= 11 is 0. The fraction of sp³-hybridized carbons (Fsp3) is 0.316. The lowest BCUT2D eigenvalue weighted by molar-refractivity contribution is 0.0693. The summed E-state index contributed by atoms with van der Waals surface area (Å²) in [4.78, 5) is 11.2. The van der Waals surface area contributed by atoms with Crippen molar-refractivity contribution in [2.45, 2.75) is 39.2 Å².